The molecule has 0 fully saturated rings. The van der Waals surface area contributed by atoms with Gasteiger partial charge in [0.15, 0.2) is 8.32 Å². The van der Waals surface area contributed by atoms with Crippen LogP contribution in [0.4, 0.5) is 0 Å². The Labute approximate surface area is 93.6 Å². The van der Waals surface area contributed by atoms with Crippen molar-refractivity contribution in [2.45, 2.75) is 39.1 Å². The largest absolute Gasteiger partial charge is 0.410 e. The fourth-order valence-corrected chi connectivity index (χ4v) is 3.44. The summed E-state index contributed by atoms with van der Waals surface area (Å²) in [6.45, 7) is 9.09. The van der Waals surface area contributed by atoms with E-state index in [1.165, 1.54) is 17.5 Å². The van der Waals surface area contributed by atoms with E-state index in [2.05, 4.69) is 50.8 Å². The number of benzene rings is 1. The standard InChI is InChI=1S/C13H20OSi/c1-10-9-11-7-5-6-8-12(11)13(10)14-15(2,3)4/h5-8,10,13H,9H2,1-4H3. The molecule has 2 unspecified atom stereocenters. The summed E-state index contributed by atoms with van der Waals surface area (Å²) in [5, 5.41) is 0. The second-order valence-corrected chi connectivity index (χ2v) is 9.99. The summed E-state index contributed by atoms with van der Waals surface area (Å²) in [7, 11) is -1.43. The van der Waals surface area contributed by atoms with Crippen LogP contribution in [0.25, 0.3) is 0 Å². The fraction of sp³-hybridized carbons (Fsp3) is 0.538. The van der Waals surface area contributed by atoms with Gasteiger partial charge in [-0.3, -0.25) is 0 Å². The minimum atomic E-state index is -1.43. The molecule has 1 nitrogen and oxygen atoms in total. The summed E-state index contributed by atoms with van der Waals surface area (Å²) in [4.78, 5) is 0. The Bertz CT molecular complexity index is 354. The highest BCUT2D eigenvalue weighted by molar-refractivity contribution is 6.69. The Hall–Kier alpha value is -0.603. The summed E-state index contributed by atoms with van der Waals surface area (Å²) in [6, 6.07) is 8.71. The lowest BCUT2D eigenvalue weighted by molar-refractivity contribution is 0.152. The van der Waals surface area contributed by atoms with Gasteiger partial charge in [-0.1, -0.05) is 31.2 Å². The summed E-state index contributed by atoms with van der Waals surface area (Å²) >= 11 is 0. The van der Waals surface area contributed by atoms with Gasteiger partial charge in [-0.25, -0.2) is 0 Å². The number of hydrogen-bond acceptors (Lipinski definition) is 1. The van der Waals surface area contributed by atoms with E-state index in [1.807, 2.05) is 0 Å². The van der Waals surface area contributed by atoms with E-state index in [0.717, 1.165) is 0 Å². The molecule has 0 heterocycles. The smallest absolute Gasteiger partial charge is 0.184 e. The molecular formula is C13H20OSi. The fourth-order valence-electron chi connectivity index (χ4n) is 2.32. The Morgan fingerprint density at radius 3 is 2.53 bits per heavy atom. The van der Waals surface area contributed by atoms with E-state index in [9.17, 15) is 0 Å². The molecule has 0 aromatic heterocycles. The van der Waals surface area contributed by atoms with E-state index in [0.29, 0.717) is 12.0 Å². The third-order valence-corrected chi connectivity index (χ3v) is 3.86. The highest BCUT2D eigenvalue weighted by Gasteiger charge is 2.33. The topological polar surface area (TPSA) is 9.23 Å². The van der Waals surface area contributed by atoms with Crippen LogP contribution in [0.3, 0.4) is 0 Å². The minimum Gasteiger partial charge on any atom is -0.410 e. The predicted octanol–water partition coefficient (Wildman–Crippen LogP) is 3.77. The van der Waals surface area contributed by atoms with Crippen molar-refractivity contribution >= 4 is 8.32 Å². The summed E-state index contributed by atoms with van der Waals surface area (Å²) in [6.07, 6.45) is 1.51. The zero-order valence-electron chi connectivity index (χ0n) is 10.1. The first kappa shape index (κ1) is 10.9. The quantitative estimate of drug-likeness (QED) is 0.689. The van der Waals surface area contributed by atoms with Crippen LogP contribution >= 0.6 is 0 Å². The Morgan fingerprint density at radius 2 is 1.87 bits per heavy atom. The van der Waals surface area contributed by atoms with Crippen LogP contribution in [0, 0.1) is 5.92 Å². The Morgan fingerprint density at radius 1 is 1.20 bits per heavy atom. The monoisotopic (exact) mass is 220 g/mol. The Kier molecular flexibility index (Phi) is 2.73. The van der Waals surface area contributed by atoms with Gasteiger partial charge < -0.3 is 4.43 Å². The van der Waals surface area contributed by atoms with Crippen molar-refractivity contribution in [1.29, 1.82) is 0 Å². The normalized spacial score (nSPS) is 25.3. The molecular weight excluding hydrogens is 200 g/mol. The van der Waals surface area contributed by atoms with Crippen molar-refractivity contribution in [3.8, 4) is 0 Å². The average molecular weight is 220 g/mol. The van der Waals surface area contributed by atoms with Gasteiger partial charge in [-0.15, -0.1) is 0 Å². The first-order chi connectivity index (χ1) is 6.97. The zero-order chi connectivity index (χ0) is 11.1. The number of rotatable bonds is 2. The molecule has 1 aliphatic carbocycles. The molecule has 1 aromatic rings. The van der Waals surface area contributed by atoms with Crippen molar-refractivity contribution in [3.63, 3.8) is 0 Å². The predicted molar refractivity (Wildman–Crippen MR) is 66.5 cm³/mol. The molecule has 0 N–H and O–H groups in total. The van der Waals surface area contributed by atoms with Crippen LogP contribution in [0.1, 0.15) is 24.2 Å². The molecule has 0 saturated heterocycles. The summed E-state index contributed by atoms with van der Waals surface area (Å²) in [5.74, 6) is 0.633. The van der Waals surface area contributed by atoms with Crippen LogP contribution in [-0.2, 0) is 10.8 Å². The van der Waals surface area contributed by atoms with Crippen molar-refractivity contribution in [2.24, 2.45) is 5.92 Å². The minimum absolute atomic E-state index is 0.341. The van der Waals surface area contributed by atoms with Gasteiger partial charge in [0.25, 0.3) is 0 Å². The van der Waals surface area contributed by atoms with Gasteiger partial charge in [0.05, 0.1) is 6.10 Å². The lowest BCUT2D eigenvalue weighted by Gasteiger charge is -2.26. The van der Waals surface area contributed by atoms with Crippen LogP contribution in [0.5, 0.6) is 0 Å². The number of hydrogen-bond donors (Lipinski definition) is 0. The molecule has 0 bridgehead atoms. The van der Waals surface area contributed by atoms with Crippen molar-refractivity contribution < 1.29 is 4.43 Å². The van der Waals surface area contributed by atoms with E-state index in [4.69, 9.17) is 4.43 Å². The maximum absolute atomic E-state index is 6.28. The van der Waals surface area contributed by atoms with Crippen LogP contribution in [0.15, 0.2) is 24.3 Å². The second-order valence-electron chi connectivity index (χ2n) is 5.53. The molecule has 82 valence electrons. The molecule has 0 aliphatic heterocycles. The van der Waals surface area contributed by atoms with Crippen molar-refractivity contribution in [1.82, 2.24) is 0 Å². The first-order valence-electron chi connectivity index (χ1n) is 5.73. The first-order valence-corrected chi connectivity index (χ1v) is 9.14. The maximum Gasteiger partial charge on any atom is 0.184 e. The summed E-state index contributed by atoms with van der Waals surface area (Å²) in [5.41, 5.74) is 2.90. The summed E-state index contributed by atoms with van der Waals surface area (Å²) < 4.78 is 6.28. The van der Waals surface area contributed by atoms with Crippen LogP contribution in [0.2, 0.25) is 19.6 Å². The third kappa shape index (κ3) is 2.32. The lowest BCUT2D eigenvalue weighted by Crippen LogP contribution is -2.29. The third-order valence-electron chi connectivity index (χ3n) is 2.90. The molecule has 0 amide bonds. The van der Waals surface area contributed by atoms with Gasteiger partial charge in [-0.05, 0) is 43.1 Å². The van der Waals surface area contributed by atoms with E-state index >= 15 is 0 Å². The van der Waals surface area contributed by atoms with Crippen molar-refractivity contribution in [2.75, 3.05) is 0 Å². The van der Waals surface area contributed by atoms with Crippen LogP contribution in [-0.4, -0.2) is 8.32 Å². The molecule has 2 rings (SSSR count). The van der Waals surface area contributed by atoms with Gasteiger partial charge in [0.2, 0.25) is 0 Å². The zero-order valence-corrected chi connectivity index (χ0v) is 11.1. The molecule has 2 heteroatoms. The number of fused-ring (bicyclic) bond motifs is 1. The molecule has 1 aromatic carbocycles. The molecule has 2 atom stereocenters. The van der Waals surface area contributed by atoms with Gasteiger partial charge >= 0.3 is 0 Å². The van der Waals surface area contributed by atoms with E-state index in [-0.39, 0.29) is 0 Å². The SMILES string of the molecule is CC1Cc2ccccc2C1O[Si](C)(C)C. The highest BCUT2D eigenvalue weighted by Crippen LogP contribution is 2.39. The van der Waals surface area contributed by atoms with E-state index in [1.54, 1.807) is 0 Å². The Balaban J connectivity index is 2.26. The van der Waals surface area contributed by atoms with Gasteiger partial charge in [0, 0.05) is 0 Å². The molecule has 15 heavy (non-hydrogen) atoms. The van der Waals surface area contributed by atoms with Gasteiger partial charge in [0.1, 0.15) is 0 Å². The average Bonchev–Trinajstić information content (AvgIpc) is 2.41. The van der Waals surface area contributed by atoms with Crippen molar-refractivity contribution in [3.05, 3.63) is 35.4 Å². The molecule has 1 aliphatic rings. The molecule has 0 radical (unpaired) electrons. The van der Waals surface area contributed by atoms with Gasteiger partial charge in [-0.2, -0.15) is 0 Å². The van der Waals surface area contributed by atoms with Crippen LogP contribution < -0.4 is 0 Å². The molecule has 0 saturated carbocycles. The lowest BCUT2D eigenvalue weighted by atomic mass is 10.1. The highest BCUT2D eigenvalue weighted by atomic mass is 28.4. The second kappa shape index (κ2) is 3.76. The van der Waals surface area contributed by atoms with E-state index < -0.39 is 8.32 Å². The maximum atomic E-state index is 6.28. The molecule has 0 spiro atoms.